The summed E-state index contributed by atoms with van der Waals surface area (Å²) in [5.41, 5.74) is 0. The molecule has 0 heterocycles. The quantitative estimate of drug-likeness (QED) is 0.627. The monoisotopic (exact) mass is 142 g/mol. The molecule has 10 heavy (non-hydrogen) atoms. The lowest BCUT2D eigenvalue weighted by Gasteiger charge is -2.26. The first kappa shape index (κ1) is 8.06. The topological polar surface area (TPSA) is 20.2 Å². The summed E-state index contributed by atoms with van der Waals surface area (Å²) >= 11 is 0. The molecule has 60 valence electrons. The minimum absolute atomic E-state index is 0.0219. The zero-order chi connectivity index (χ0) is 7.40. The second kappa shape index (κ2) is 3.97. The molecule has 1 aliphatic carbocycles. The summed E-state index contributed by atoms with van der Waals surface area (Å²) in [5, 5.41) is 9.50. The Hall–Kier alpha value is -0.0400. The third-order valence-corrected chi connectivity index (χ3v) is 2.53. The summed E-state index contributed by atoms with van der Waals surface area (Å²) < 4.78 is 0. The lowest BCUT2D eigenvalue weighted by Crippen LogP contribution is -2.23. The normalized spacial score (nSPS) is 34.2. The summed E-state index contributed by atoms with van der Waals surface area (Å²) in [7, 11) is 0. The van der Waals surface area contributed by atoms with Crippen molar-refractivity contribution in [1.82, 2.24) is 0 Å². The van der Waals surface area contributed by atoms with Crippen LogP contribution in [0.1, 0.15) is 45.4 Å². The Labute approximate surface area is 63.4 Å². The molecule has 1 saturated carbocycles. The summed E-state index contributed by atoms with van der Waals surface area (Å²) in [6.07, 6.45) is 7.35. The van der Waals surface area contributed by atoms with Crippen molar-refractivity contribution in [2.45, 2.75) is 51.6 Å². The van der Waals surface area contributed by atoms with E-state index in [-0.39, 0.29) is 6.10 Å². The van der Waals surface area contributed by atoms with Crippen molar-refractivity contribution in [1.29, 1.82) is 0 Å². The lowest BCUT2D eigenvalue weighted by atomic mass is 9.84. The molecule has 1 N–H and O–H groups in total. The summed E-state index contributed by atoms with van der Waals surface area (Å²) in [6.45, 7) is 2.20. The second-order valence-electron chi connectivity index (χ2n) is 3.40. The average molecular weight is 142 g/mol. The third kappa shape index (κ3) is 1.98. The number of hydrogen-bond donors (Lipinski definition) is 1. The van der Waals surface area contributed by atoms with Crippen LogP contribution in [0, 0.1) is 5.92 Å². The lowest BCUT2D eigenvalue weighted by molar-refractivity contribution is 0.0650. The van der Waals surface area contributed by atoms with E-state index in [1.54, 1.807) is 0 Å². The first-order valence-electron chi connectivity index (χ1n) is 4.52. The van der Waals surface area contributed by atoms with Crippen molar-refractivity contribution in [2.75, 3.05) is 0 Å². The van der Waals surface area contributed by atoms with E-state index in [1.807, 2.05) is 0 Å². The minimum atomic E-state index is 0.0219. The molecule has 1 unspecified atom stereocenters. The number of hydrogen-bond acceptors (Lipinski definition) is 1. The molecule has 0 aromatic carbocycles. The highest BCUT2D eigenvalue weighted by molar-refractivity contribution is 4.73. The van der Waals surface area contributed by atoms with Crippen molar-refractivity contribution in [3.05, 3.63) is 0 Å². The Morgan fingerprint density at radius 1 is 1.30 bits per heavy atom. The van der Waals surface area contributed by atoms with Crippen LogP contribution in [0.25, 0.3) is 0 Å². The van der Waals surface area contributed by atoms with Gasteiger partial charge in [-0.15, -0.1) is 0 Å². The van der Waals surface area contributed by atoms with Gasteiger partial charge in [0, 0.05) is 0 Å². The van der Waals surface area contributed by atoms with Gasteiger partial charge in [0.15, 0.2) is 0 Å². The molecule has 0 aromatic rings. The van der Waals surface area contributed by atoms with E-state index in [0.717, 1.165) is 6.42 Å². The van der Waals surface area contributed by atoms with E-state index in [2.05, 4.69) is 6.92 Å². The molecule has 0 aromatic heterocycles. The van der Waals surface area contributed by atoms with Crippen LogP contribution in [-0.2, 0) is 0 Å². The Morgan fingerprint density at radius 3 is 2.60 bits per heavy atom. The van der Waals surface area contributed by atoms with E-state index < -0.39 is 0 Å². The average Bonchev–Trinajstić information content (AvgIpc) is 1.94. The van der Waals surface area contributed by atoms with Gasteiger partial charge in [-0.25, -0.2) is 0 Å². The van der Waals surface area contributed by atoms with Gasteiger partial charge in [0.2, 0.25) is 0 Å². The van der Waals surface area contributed by atoms with Gasteiger partial charge in [-0.3, -0.25) is 0 Å². The maximum atomic E-state index is 9.50. The van der Waals surface area contributed by atoms with Gasteiger partial charge in [0.1, 0.15) is 0 Å². The van der Waals surface area contributed by atoms with E-state index >= 15 is 0 Å². The molecule has 1 rings (SSSR count). The van der Waals surface area contributed by atoms with E-state index in [9.17, 15) is 5.11 Å². The van der Waals surface area contributed by atoms with Crippen molar-refractivity contribution in [2.24, 2.45) is 5.92 Å². The smallest absolute Gasteiger partial charge is 0.0568 e. The number of aliphatic hydroxyl groups is 1. The SMILES string of the molecule is CCCC1CCCC[C@@H]1O. The van der Waals surface area contributed by atoms with Crippen molar-refractivity contribution in [3.8, 4) is 0 Å². The van der Waals surface area contributed by atoms with Crippen LogP contribution < -0.4 is 0 Å². The van der Waals surface area contributed by atoms with Crippen LogP contribution in [0.15, 0.2) is 0 Å². The van der Waals surface area contributed by atoms with E-state index in [4.69, 9.17) is 0 Å². The van der Waals surface area contributed by atoms with Gasteiger partial charge >= 0.3 is 0 Å². The summed E-state index contributed by atoms with van der Waals surface area (Å²) in [5.74, 6) is 0.624. The van der Waals surface area contributed by atoms with Crippen LogP contribution in [0.4, 0.5) is 0 Å². The molecule has 0 bridgehead atoms. The Balaban J connectivity index is 2.25. The standard InChI is InChI=1S/C9H18O/c1-2-5-8-6-3-4-7-9(8)10/h8-10H,2-7H2,1H3/t8?,9-/m0/s1. The maximum absolute atomic E-state index is 9.50. The maximum Gasteiger partial charge on any atom is 0.0568 e. The molecular formula is C9H18O. The van der Waals surface area contributed by atoms with Gasteiger partial charge in [0.25, 0.3) is 0 Å². The summed E-state index contributed by atoms with van der Waals surface area (Å²) in [4.78, 5) is 0. The molecule has 0 amide bonds. The van der Waals surface area contributed by atoms with Crippen LogP contribution in [0.5, 0.6) is 0 Å². The van der Waals surface area contributed by atoms with Crippen molar-refractivity contribution < 1.29 is 5.11 Å². The fourth-order valence-electron chi connectivity index (χ4n) is 1.90. The third-order valence-electron chi connectivity index (χ3n) is 2.53. The minimum Gasteiger partial charge on any atom is -0.393 e. The molecule has 0 radical (unpaired) electrons. The largest absolute Gasteiger partial charge is 0.393 e. The zero-order valence-electron chi connectivity index (χ0n) is 6.84. The molecule has 0 saturated heterocycles. The van der Waals surface area contributed by atoms with E-state index in [0.29, 0.717) is 5.92 Å². The van der Waals surface area contributed by atoms with Crippen molar-refractivity contribution in [3.63, 3.8) is 0 Å². The molecular weight excluding hydrogens is 124 g/mol. The highest BCUT2D eigenvalue weighted by Crippen LogP contribution is 2.27. The fraction of sp³-hybridized carbons (Fsp3) is 1.00. The highest BCUT2D eigenvalue weighted by atomic mass is 16.3. The van der Waals surface area contributed by atoms with Gasteiger partial charge in [-0.1, -0.05) is 26.2 Å². The predicted molar refractivity (Wildman–Crippen MR) is 42.9 cm³/mol. The van der Waals surface area contributed by atoms with Crippen LogP contribution in [0.3, 0.4) is 0 Å². The first-order chi connectivity index (χ1) is 4.84. The molecule has 0 aliphatic heterocycles. The highest BCUT2D eigenvalue weighted by Gasteiger charge is 2.21. The molecule has 2 atom stereocenters. The second-order valence-corrected chi connectivity index (χ2v) is 3.40. The summed E-state index contributed by atoms with van der Waals surface area (Å²) in [6, 6.07) is 0. The molecule has 1 nitrogen and oxygen atoms in total. The molecule has 0 spiro atoms. The molecule has 1 fully saturated rings. The van der Waals surface area contributed by atoms with Gasteiger partial charge < -0.3 is 5.11 Å². The van der Waals surface area contributed by atoms with Gasteiger partial charge in [-0.2, -0.15) is 0 Å². The number of rotatable bonds is 2. The first-order valence-corrected chi connectivity index (χ1v) is 4.52. The predicted octanol–water partition coefficient (Wildman–Crippen LogP) is 2.34. The van der Waals surface area contributed by atoms with Crippen molar-refractivity contribution >= 4 is 0 Å². The fourth-order valence-corrected chi connectivity index (χ4v) is 1.90. The zero-order valence-corrected chi connectivity index (χ0v) is 6.84. The number of aliphatic hydroxyl groups excluding tert-OH is 1. The van der Waals surface area contributed by atoms with Gasteiger partial charge in [-0.05, 0) is 25.2 Å². The molecule has 1 aliphatic rings. The van der Waals surface area contributed by atoms with E-state index in [1.165, 1.54) is 32.1 Å². The van der Waals surface area contributed by atoms with Crippen LogP contribution >= 0.6 is 0 Å². The van der Waals surface area contributed by atoms with Crippen LogP contribution in [-0.4, -0.2) is 11.2 Å². The Bertz CT molecular complexity index is 88.7. The van der Waals surface area contributed by atoms with Gasteiger partial charge in [0.05, 0.1) is 6.10 Å². The Kier molecular flexibility index (Phi) is 3.20. The molecule has 1 heteroatoms. The Morgan fingerprint density at radius 2 is 2.00 bits per heavy atom. The van der Waals surface area contributed by atoms with Crippen LogP contribution in [0.2, 0.25) is 0 Å².